The van der Waals surface area contributed by atoms with Gasteiger partial charge in [0.1, 0.15) is 0 Å². The molecule has 1 unspecified atom stereocenters. The van der Waals surface area contributed by atoms with E-state index in [2.05, 4.69) is 0 Å². The third kappa shape index (κ3) is 2.77. The molecule has 0 heterocycles. The standard InChI is InChI=1S/C17H21NO2/c1-18(11-12-6-7-12)16(19)10-14-9-8-13-4-2-3-5-15(13)17(14)20/h2-5,12,14H,6-11H2,1H3. The first kappa shape index (κ1) is 13.3. The highest BCUT2D eigenvalue weighted by Gasteiger charge is 2.31. The highest BCUT2D eigenvalue weighted by Crippen LogP contribution is 2.31. The number of amides is 1. The van der Waals surface area contributed by atoms with E-state index in [1.54, 1.807) is 0 Å². The fourth-order valence-corrected chi connectivity index (χ4v) is 3.01. The van der Waals surface area contributed by atoms with Crippen molar-refractivity contribution in [1.29, 1.82) is 0 Å². The monoisotopic (exact) mass is 271 g/mol. The number of carbonyl (C=O) groups excluding carboxylic acids is 2. The Kier molecular flexibility index (Phi) is 3.60. The number of hydrogen-bond acceptors (Lipinski definition) is 2. The summed E-state index contributed by atoms with van der Waals surface area (Å²) in [6.07, 6.45) is 4.57. The van der Waals surface area contributed by atoms with E-state index < -0.39 is 0 Å². The average molecular weight is 271 g/mol. The van der Waals surface area contributed by atoms with Crippen molar-refractivity contribution in [3.63, 3.8) is 0 Å². The second-order valence-electron chi connectivity index (χ2n) is 6.18. The first-order chi connectivity index (χ1) is 9.65. The van der Waals surface area contributed by atoms with Gasteiger partial charge in [0.05, 0.1) is 0 Å². The van der Waals surface area contributed by atoms with Crippen LogP contribution in [0.5, 0.6) is 0 Å². The zero-order valence-corrected chi connectivity index (χ0v) is 12.0. The van der Waals surface area contributed by atoms with E-state index in [1.807, 2.05) is 36.2 Å². The molecule has 2 aliphatic rings. The zero-order chi connectivity index (χ0) is 14.1. The summed E-state index contributed by atoms with van der Waals surface area (Å²) in [5.74, 6) is 0.848. The average Bonchev–Trinajstić information content (AvgIpc) is 3.26. The van der Waals surface area contributed by atoms with Crippen molar-refractivity contribution in [2.45, 2.75) is 32.1 Å². The Balaban J connectivity index is 1.63. The molecule has 3 nitrogen and oxygen atoms in total. The molecular weight excluding hydrogens is 250 g/mol. The maximum Gasteiger partial charge on any atom is 0.223 e. The quantitative estimate of drug-likeness (QED) is 0.844. The molecular formula is C17H21NO2. The molecule has 20 heavy (non-hydrogen) atoms. The summed E-state index contributed by atoms with van der Waals surface area (Å²) in [6.45, 7) is 0.857. The van der Waals surface area contributed by atoms with Gasteiger partial charge in [-0.05, 0) is 37.2 Å². The number of hydrogen-bond donors (Lipinski definition) is 0. The van der Waals surface area contributed by atoms with Gasteiger partial charge in [0.15, 0.2) is 5.78 Å². The van der Waals surface area contributed by atoms with Gasteiger partial charge >= 0.3 is 0 Å². The Morgan fingerprint density at radius 3 is 2.75 bits per heavy atom. The van der Waals surface area contributed by atoms with Crippen LogP contribution in [0.2, 0.25) is 0 Å². The van der Waals surface area contributed by atoms with Crippen LogP contribution < -0.4 is 0 Å². The molecule has 0 bridgehead atoms. The molecule has 0 N–H and O–H groups in total. The molecule has 2 aliphatic carbocycles. The molecule has 0 saturated heterocycles. The zero-order valence-electron chi connectivity index (χ0n) is 12.0. The minimum absolute atomic E-state index is 0.120. The van der Waals surface area contributed by atoms with Crippen LogP contribution in [0.3, 0.4) is 0 Å². The first-order valence-electron chi connectivity index (χ1n) is 7.51. The van der Waals surface area contributed by atoms with Crippen molar-refractivity contribution in [1.82, 2.24) is 4.90 Å². The van der Waals surface area contributed by atoms with Gasteiger partial charge in [-0.2, -0.15) is 0 Å². The number of aryl methyl sites for hydroxylation is 1. The fraction of sp³-hybridized carbons (Fsp3) is 0.529. The van der Waals surface area contributed by atoms with Gasteiger partial charge in [-0.3, -0.25) is 9.59 Å². The van der Waals surface area contributed by atoms with Gasteiger partial charge < -0.3 is 4.90 Å². The Labute approximate surface area is 120 Å². The van der Waals surface area contributed by atoms with Gasteiger partial charge in [0.2, 0.25) is 5.91 Å². The molecule has 0 spiro atoms. The Hall–Kier alpha value is -1.64. The number of carbonyl (C=O) groups is 2. The topological polar surface area (TPSA) is 37.4 Å². The van der Waals surface area contributed by atoms with E-state index in [4.69, 9.17) is 0 Å². The van der Waals surface area contributed by atoms with Crippen LogP contribution in [-0.4, -0.2) is 30.2 Å². The van der Waals surface area contributed by atoms with E-state index >= 15 is 0 Å². The van der Waals surface area contributed by atoms with Crippen molar-refractivity contribution in [3.8, 4) is 0 Å². The Morgan fingerprint density at radius 2 is 2.00 bits per heavy atom. The summed E-state index contributed by atoms with van der Waals surface area (Å²) >= 11 is 0. The predicted octanol–water partition coefficient (Wildman–Crippen LogP) is 2.69. The van der Waals surface area contributed by atoms with Gasteiger partial charge in [0, 0.05) is 31.5 Å². The normalized spacial score (nSPS) is 21.4. The van der Waals surface area contributed by atoms with E-state index in [0.717, 1.165) is 30.5 Å². The van der Waals surface area contributed by atoms with Gasteiger partial charge in [-0.15, -0.1) is 0 Å². The molecule has 1 saturated carbocycles. The number of ketones is 1. The minimum atomic E-state index is -0.126. The van der Waals surface area contributed by atoms with Crippen LogP contribution in [-0.2, 0) is 11.2 Å². The Morgan fingerprint density at radius 1 is 1.25 bits per heavy atom. The lowest BCUT2D eigenvalue weighted by Gasteiger charge is -2.25. The summed E-state index contributed by atoms with van der Waals surface area (Å²) in [5.41, 5.74) is 1.95. The van der Waals surface area contributed by atoms with E-state index in [0.29, 0.717) is 12.3 Å². The lowest BCUT2D eigenvalue weighted by molar-refractivity contribution is -0.130. The summed E-state index contributed by atoms with van der Waals surface area (Å²) in [7, 11) is 1.86. The molecule has 1 fully saturated rings. The molecule has 1 aromatic rings. The smallest absolute Gasteiger partial charge is 0.223 e. The fourth-order valence-electron chi connectivity index (χ4n) is 3.01. The van der Waals surface area contributed by atoms with Gasteiger partial charge in [-0.25, -0.2) is 0 Å². The summed E-state index contributed by atoms with van der Waals surface area (Å²) < 4.78 is 0. The van der Waals surface area contributed by atoms with E-state index in [-0.39, 0.29) is 17.6 Å². The second-order valence-corrected chi connectivity index (χ2v) is 6.18. The number of benzene rings is 1. The van der Waals surface area contributed by atoms with E-state index in [9.17, 15) is 9.59 Å². The number of fused-ring (bicyclic) bond motifs is 1. The highest BCUT2D eigenvalue weighted by atomic mass is 16.2. The first-order valence-corrected chi connectivity index (χ1v) is 7.51. The van der Waals surface area contributed by atoms with Crippen molar-refractivity contribution in [2.24, 2.45) is 11.8 Å². The molecule has 3 rings (SSSR count). The van der Waals surface area contributed by atoms with Crippen LogP contribution in [0, 0.1) is 11.8 Å². The van der Waals surface area contributed by atoms with Crippen molar-refractivity contribution in [3.05, 3.63) is 35.4 Å². The third-order valence-electron chi connectivity index (χ3n) is 4.49. The van der Waals surface area contributed by atoms with Crippen molar-refractivity contribution < 1.29 is 9.59 Å². The molecule has 0 radical (unpaired) electrons. The molecule has 1 amide bonds. The van der Waals surface area contributed by atoms with Crippen LogP contribution in [0.1, 0.15) is 41.6 Å². The predicted molar refractivity (Wildman–Crippen MR) is 77.6 cm³/mol. The molecule has 0 aliphatic heterocycles. The largest absolute Gasteiger partial charge is 0.345 e. The highest BCUT2D eigenvalue weighted by molar-refractivity contribution is 6.01. The lowest BCUT2D eigenvalue weighted by Crippen LogP contribution is -2.33. The number of nitrogens with zero attached hydrogens (tertiary/aromatic N) is 1. The van der Waals surface area contributed by atoms with Crippen LogP contribution >= 0.6 is 0 Å². The van der Waals surface area contributed by atoms with Crippen LogP contribution in [0.4, 0.5) is 0 Å². The summed E-state index contributed by atoms with van der Waals surface area (Å²) in [4.78, 5) is 26.5. The lowest BCUT2D eigenvalue weighted by atomic mass is 9.81. The van der Waals surface area contributed by atoms with Crippen molar-refractivity contribution >= 4 is 11.7 Å². The second kappa shape index (κ2) is 5.39. The molecule has 1 atom stereocenters. The van der Waals surface area contributed by atoms with Crippen LogP contribution in [0.15, 0.2) is 24.3 Å². The van der Waals surface area contributed by atoms with Gasteiger partial charge in [0.25, 0.3) is 0 Å². The maximum atomic E-state index is 12.4. The maximum absolute atomic E-state index is 12.4. The number of Topliss-reactive ketones (excluding diaryl/α,β-unsaturated/α-hetero) is 1. The summed E-state index contributed by atoms with van der Waals surface area (Å²) in [5, 5.41) is 0. The Bertz CT molecular complexity index is 534. The van der Waals surface area contributed by atoms with Gasteiger partial charge in [-0.1, -0.05) is 24.3 Å². The van der Waals surface area contributed by atoms with E-state index in [1.165, 1.54) is 12.8 Å². The minimum Gasteiger partial charge on any atom is -0.345 e. The van der Waals surface area contributed by atoms with Crippen molar-refractivity contribution in [2.75, 3.05) is 13.6 Å². The molecule has 1 aromatic carbocycles. The van der Waals surface area contributed by atoms with Crippen LogP contribution in [0.25, 0.3) is 0 Å². The molecule has 0 aromatic heterocycles. The summed E-state index contributed by atoms with van der Waals surface area (Å²) in [6, 6.07) is 7.79. The third-order valence-corrected chi connectivity index (χ3v) is 4.49. The SMILES string of the molecule is CN(CC1CC1)C(=O)CC1CCc2ccccc2C1=O. The molecule has 3 heteroatoms. The number of rotatable bonds is 4. The molecule has 106 valence electrons.